The molecule has 1 saturated heterocycles. The number of halogens is 2. The van der Waals surface area contributed by atoms with Crippen molar-refractivity contribution in [2.24, 2.45) is 0 Å². The monoisotopic (exact) mass is 258 g/mol. The third-order valence-corrected chi connectivity index (χ3v) is 2.85. The first-order valence-electron chi connectivity index (χ1n) is 4.74. The molecule has 0 atom stereocenters. The summed E-state index contributed by atoms with van der Waals surface area (Å²) < 4.78 is 4.45. The Hall–Kier alpha value is -1.06. The molecule has 1 aliphatic heterocycles. The zero-order valence-corrected chi connectivity index (χ0v) is 9.72. The minimum Gasteiger partial charge on any atom is -0.393 e. The number of hydrogen-bond donors (Lipinski definition) is 0. The molecule has 1 heterocycles. The minimum absolute atomic E-state index is 0.183. The van der Waals surface area contributed by atoms with Crippen molar-refractivity contribution in [1.29, 1.82) is 0 Å². The molecule has 1 aliphatic rings. The highest BCUT2D eigenvalue weighted by atomic mass is 35.5. The summed E-state index contributed by atoms with van der Waals surface area (Å²) in [6.07, 6.45) is 0.366. The van der Waals surface area contributed by atoms with Gasteiger partial charge in [0.15, 0.2) is 0 Å². The quantitative estimate of drug-likeness (QED) is 0.575. The fraction of sp³-hybridized carbons (Fsp3) is 0.273. The first-order valence-corrected chi connectivity index (χ1v) is 5.49. The molecule has 0 spiro atoms. The van der Waals surface area contributed by atoms with Crippen LogP contribution in [0.5, 0.6) is 0 Å². The van der Waals surface area contributed by atoms with Gasteiger partial charge in [0.25, 0.3) is 0 Å². The van der Waals surface area contributed by atoms with Gasteiger partial charge in [-0.3, -0.25) is 9.59 Å². The summed E-state index contributed by atoms with van der Waals surface area (Å²) in [6.45, 7) is 0. The average Bonchev–Trinajstić information content (AvgIpc) is 2.14. The van der Waals surface area contributed by atoms with Crippen molar-refractivity contribution in [3.63, 3.8) is 0 Å². The number of benzene rings is 1. The Morgan fingerprint density at radius 3 is 2.00 bits per heavy atom. The van der Waals surface area contributed by atoms with Crippen molar-refractivity contribution in [2.75, 3.05) is 0 Å². The smallest absolute Gasteiger partial charge is 0.314 e. The summed E-state index contributed by atoms with van der Waals surface area (Å²) in [5.74, 6) is -1.19. The summed E-state index contributed by atoms with van der Waals surface area (Å²) in [7, 11) is 0. The highest BCUT2D eigenvalue weighted by Gasteiger charge is 2.28. The molecule has 0 N–H and O–H groups in total. The van der Waals surface area contributed by atoms with Crippen molar-refractivity contribution < 1.29 is 14.3 Å². The summed E-state index contributed by atoms with van der Waals surface area (Å²) in [6, 6.07) is 5.03. The Morgan fingerprint density at radius 2 is 1.50 bits per heavy atom. The number of carbonyl (C=O) groups is 2. The molecule has 0 aromatic heterocycles. The van der Waals surface area contributed by atoms with Crippen molar-refractivity contribution >= 4 is 35.1 Å². The lowest BCUT2D eigenvalue weighted by molar-refractivity contribution is -0.163. The summed E-state index contributed by atoms with van der Waals surface area (Å²) in [5.41, 5.74) is 0.794. The van der Waals surface area contributed by atoms with Gasteiger partial charge >= 0.3 is 11.9 Å². The van der Waals surface area contributed by atoms with Crippen LogP contribution in [0.15, 0.2) is 18.2 Å². The van der Waals surface area contributed by atoms with Crippen LogP contribution in [0.1, 0.15) is 24.3 Å². The highest BCUT2D eigenvalue weighted by Crippen LogP contribution is 2.31. The molecule has 16 heavy (non-hydrogen) atoms. The Morgan fingerprint density at radius 1 is 1.00 bits per heavy atom. The van der Waals surface area contributed by atoms with E-state index in [-0.39, 0.29) is 18.8 Å². The summed E-state index contributed by atoms with van der Waals surface area (Å²) >= 11 is 11.7. The lowest BCUT2D eigenvalue weighted by Gasteiger charge is -2.20. The number of cyclic esters (lactones) is 2. The van der Waals surface area contributed by atoms with Gasteiger partial charge in [-0.15, -0.1) is 0 Å². The Kier molecular flexibility index (Phi) is 3.17. The molecule has 0 bridgehead atoms. The van der Waals surface area contributed by atoms with Gasteiger partial charge in [0.2, 0.25) is 0 Å². The van der Waals surface area contributed by atoms with E-state index in [0.717, 1.165) is 5.56 Å². The van der Waals surface area contributed by atoms with Crippen molar-refractivity contribution in [1.82, 2.24) is 0 Å². The predicted molar refractivity (Wildman–Crippen MR) is 59.5 cm³/mol. The fourth-order valence-electron chi connectivity index (χ4n) is 1.73. The molecule has 1 aromatic rings. The lowest BCUT2D eigenvalue weighted by Crippen LogP contribution is -2.24. The topological polar surface area (TPSA) is 43.4 Å². The van der Waals surface area contributed by atoms with Gasteiger partial charge in [0.1, 0.15) is 0 Å². The van der Waals surface area contributed by atoms with Crippen LogP contribution in [0, 0.1) is 0 Å². The van der Waals surface area contributed by atoms with E-state index >= 15 is 0 Å². The maximum atomic E-state index is 11.1. The van der Waals surface area contributed by atoms with E-state index in [1.165, 1.54) is 0 Å². The number of carbonyl (C=O) groups excluding carboxylic acids is 2. The maximum Gasteiger partial charge on any atom is 0.314 e. The average molecular weight is 259 g/mol. The molecular formula is C11H8Cl2O3. The summed E-state index contributed by atoms with van der Waals surface area (Å²) in [5, 5.41) is 0.989. The van der Waals surface area contributed by atoms with E-state index in [9.17, 15) is 9.59 Å². The maximum absolute atomic E-state index is 11.1. The van der Waals surface area contributed by atoms with E-state index in [1.807, 2.05) is 0 Å². The van der Waals surface area contributed by atoms with E-state index in [1.54, 1.807) is 18.2 Å². The molecule has 84 valence electrons. The number of rotatable bonds is 1. The number of ether oxygens (including phenoxy) is 1. The van der Waals surface area contributed by atoms with Crippen LogP contribution in [-0.4, -0.2) is 11.9 Å². The van der Waals surface area contributed by atoms with Crippen LogP contribution in [0.25, 0.3) is 0 Å². The third-order valence-electron chi connectivity index (χ3n) is 2.41. The fourth-order valence-corrected chi connectivity index (χ4v) is 2.27. The summed E-state index contributed by atoms with van der Waals surface area (Å²) in [4.78, 5) is 22.2. The van der Waals surface area contributed by atoms with Crippen LogP contribution < -0.4 is 0 Å². The molecule has 0 amide bonds. The molecule has 5 heteroatoms. The lowest BCUT2D eigenvalue weighted by atomic mass is 9.91. The van der Waals surface area contributed by atoms with Gasteiger partial charge in [0.05, 0.1) is 12.8 Å². The zero-order chi connectivity index (χ0) is 11.7. The molecule has 3 nitrogen and oxygen atoms in total. The molecule has 1 fully saturated rings. The standard InChI is InChI=1S/C11H8Cl2O3/c12-8-1-6(2-9(13)5-8)7-3-10(14)16-11(15)4-7/h1-2,5,7H,3-4H2. The highest BCUT2D eigenvalue weighted by molar-refractivity contribution is 6.34. The molecule has 1 aromatic carbocycles. The van der Waals surface area contributed by atoms with Gasteiger partial charge in [-0.2, -0.15) is 0 Å². The Balaban J connectivity index is 2.29. The predicted octanol–water partition coefficient (Wildman–Crippen LogP) is 2.94. The number of hydrogen-bond acceptors (Lipinski definition) is 3. The minimum atomic E-state index is -0.502. The van der Waals surface area contributed by atoms with E-state index in [0.29, 0.717) is 10.0 Å². The van der Waals surface area contributed by atoms with E-state index in [2.05, 4.69) is 4.74 Å². The molecule has 0 aliphatic carbocycles. The van der Waals surface area contributed by atoms with Gasteiger partial charge in [-0.1, -0.05) is 23.2 Å². The first kappa shape index (κ1) is 11.4. The Bertz CT molecular complexity index is 420. The van der Waals surface area contributed by atoms with Crippen LogP contribution >= 0.6 is 23.2 Å². The van der Waals surface area contributed by atoms with Gasteiger partial charge in [-0.25, -0.2) is 0 Å². The Labute approximate surface area is 102 Å². The van der Waals surface area contributed by atoms with Crippen LogP contribution in [0.2, 0.25) is 10.0 Å². The van der Waals surface area contributed by atoms with Crippen LogP contribution in [-0.2, 0) is 14.3 Å². The first-order chi connectivity index (χ1) is 7.54. The second-order valence-electron chi connectivity index (χ2n) is 3.65. The van der Waals surface area contributed by atoms with Gasteiger partial charge in [0, 0.05) is 16.0 Å². The molecule has 0 radical (unpaired) electrons. The normalized spacial score (nSPS) is 17.4. The van der Waals surface area contributed by atoms with Crippen LogP contribution in [0.4, 0.5) is 0 Å². The van der Waals surface area contributed by atoms with E-state index in [4.69, 9.17) is 23.2 Å². The van der Waals surface area contributed by atoms with Crippen LogP contribution in [0.3, 0.4) is 0 Å². The van der Waals surface area contributed by atoms with Gasteiger partial charge < -0.3 is 4.74 Å². The SMILES string of the molecule is O=C1CC(c2cc(Cl)cc(Cl)c2)CC(=O)O1. The molecule has 0 saturated carbocycles. The molecule has 2 rings (SSSR count). The largest absolute Gasteiger partial charge is 0.393 e. The third kappa shape index (κ3) is 2.54. The van der Waals surface area contributed by atoms with Gasteiger partial charge in [-0.05, 0) is 23.8 Å². The zero-order valence-electron chi connectivity index (χ0n) is 8.20. The van der Waals surface area contributed by atoms with Crippen molar-refractivity contribution in [2.45, 2.75) is 18.8 Å². The number of esters is 2. The molecular weight excluding hydrogens is 251 g/mol. The van der Waals surface area contributed by atoms with E-state index < -0.39 is 11.9 Å². The van der Waals surface area contributed by atoms with Crippen molar-refractivity contribution in [3.8, 4) is 0 Å². The second-order valence-corrected chi connectivity index (χ2v) is 4.53. The second kappa shape index (κ2) is 4.44. The molecule has 0 unspecified atom stereocenters. The van der Waals surface area contributed by atoms with Crippen molar-refractivity contribution in [3.05, 3.63) is 33.8 Å².